The number of Topliss-reactive ketones (excluding diaryl/α,β-unsaturated/α-hetero) is 1. The Balaban J connectivity index is 2.06. The molecule has 1 aliphatic rings. The summed E-state index contributed by atoms with van der Waals surface area (Å²) in [7, 11) is 0. The molecule has 0 unspecified atom stereocenters. The Hall–Kier alpha value is -3.15. The lowest BCUT2D eigenvalue weighted by Crippen LogP contribution is -1.98. The number of phenolic OH excluding ortho intramolecular Hbond substituents is 4. The third-order valence-electron chi connectivity index (χ3n) is 3.07. The average Bonchev–Trinajstić information content (AvgIpc) is 2.77. The minimum absolute atomic E-state index is 0.0827. The molecule has 0 aromatic heterocycles. The summed E-state index contributed by atoms with van der Waals surface area (Å²) in [6, 6.07) is 6.90. The molecule has 0 amide bonds. The number of carbonyl (C=O) groups excluding carboxylic acids is 1. The van der Waals surface area contributed by atoms with E-state index in [0.29, 0.717) is 5.56 Å². The predicted octanol–water partition coefficient (Wildman–Crippen LogP) is 2.13. The zero-order chi connectivity index (χ0) is 15.1. The SMILES string of the molecule is O=C1C(=Cc2ccc(O)cc2)Oc2c(O)c(O)cc(O)c21. The van der Waals surface area contributed by atoms with Crippen molar-refractivity contribution >= 4 is 11.9 Å². The number of hydrogen-bond acceptors (Lipinski definition) is 6. The number of hydrogen-bond donors (Lipinski definition) is 4. The molecule has 0 atom stereocenters. The largest absolute Gasteiger partial charge is 0.508 e. The summed E-state index contributed by atoms with van der Waals surface area (Å²) in [4.78, 5) is 12.2. The summed E-state index contributed by atoms with van der Waals surface area (Å²) < 4.78 is 5.22. The Morgan fingerprint density at radius 3 is 2.29 bits per heavy atom. The third kappa shape index (κ3) is 2.02. The van der Waals surface area contributed by atoms with Crippen molar-refractivity contribution in [2.75, 3.05) is 0 Å². The van der Waals surface area contributed by atoms with Crippen LogP contribution in [0.2, 0.25) is 0 Å². The van der Waals surface area contributed by atoms with Gasteiger partial charge in [0.2, 0.25) is 11.5 Å². The number of benzene rings is 2. The van der Waals surface area contributed by atoms with Crippen LogP contribution >= 0.6 is 0 Å². The van der Waals surface area contributed by atoms with Gasteiger partial charge in [0.25, 0.3) is 0 Å². The topological polar surface area (TPSA) is 107 Å². The van der Waals surface area contributed by atoms with Crippen molar-refractivity contribution in [1.82, 2.24) is 0 Å². The number of fused-ring (bicyclic) bond motifs is 1. The second kappa shape index (κ2) is 4.45. The highest BCUT2D eigenvalue weighted by Gasteiger charge is 2.34. The van der Waals surface area contributed by atoms with Crippen LogP contribution in [0, 0.1) is 0 Å². The minimum atomic E-state index is -0.606. The average molecular weight is 286 g/mol. The molecule has 0 bridgehead atoms. The fourth-order valence-electron chi connectivity index (χ4n) is 2.04. The molecule has 106 valence electrons. The van der Waals surface area contributed by atoms with Crippen LogP contribution in [-0.4, -0.2) is 26.2 Å². The van der Waals surface area contributed by atoms with E-state index >= 15 is 0 Å². The number of aromatic hydroxyl groups is 4. The number of ether oxygens (including phenoxy) is 1. The third-order valence-corrected chi connectivity index (χ3v) is 3.07. The first-order valence-electron chi connectivity index (χ1n) is 5.98. The molecule has 0 fully saturated rings. The molecule has 6 heteroatoms. The molecule has 2 aromatic carbocycles. The normalized spacial score (nSPS) is 15.0. The van der Waals surface area contributed by atoms with E-state index in [1.807, 2.05) is 0 Å². The quantitative estimate of drug-likeness (QED) is 0.363. The Labute approximate surface area is 118 Å². The molecule has 0 spiro atoms. The summed E-state index contributed by atoms with van der Waals surface area (Å²) >= 11 is 0. The highest BCUT2D eigenvalue weighted by molar-refractivity contribution is 6.17. The maximum atomic E-state index is 12.2. The van der Waals surface area contributed by atoms with Gasteiger partial charge in [-0.25, -0.2) is 0 Å². The minimum Gasteiger partial charge on any atom is -0.508 e. The first kappa shape index (κ1) is 12.9. The fraction of sp³-hybridized carbons (Fsp3) is 0. The summed E-state index contributed by atoms with van der Waals surface area (Å²) in [5, 5.41) is 38.0. The molecule has 4 N–H and O–H groups in total. The lowest BCUT2D eigenvalue weighted by Gasteiger charge is -2.04. The molecule has 21 heavy (non-hydrogen) atoms. The highest BCUT2D eigenvalue weighted by atomic mass is 16.5. The van der Waals surface area contributed by atoms with Crippen molar-refractivity contribution in [3.8, 4) is 28.7 Å². The number of allylic oxidation sites excluding steroid dienone is 1. The Morgan fingerprint density at radius 1 is 0.952 bits per heavy atom. The van der Waals surface area contributed by atoms with Crippen LogP contribution < -0.4 is 4.74 Å². The van der Waals surface area contributed by atoms with Crippen LogP contribution in [0.4, 0.5) is 0 Å². The van der Waals surface area contributed by atoms with Gasteiger partial charge in [-0.15, -0.1) is 0 Å². The number of phenols is 4. The van der Waals surface area contributed by atoms with Gasteiger partial charge in [-0.3, -0.25) is 4.79 Å². The van der Waals surface area contributed by atoms with Crippen molar-refractivity contribution in [2.45, 2.75) is 0 Å². The number of rotatable bonds is 1. The second-order valence-electron chi connectivity index (χ2n) is 4.50. The summed E-state index contributed by atoms with van der Waals surface area (Å²) in [6.45, 7) is 0. The van der Waals surface area contributed by atoms with Crippen molar-refractivity contribution in [1.29, 1.82) is 0 Å². The van der Waals surface area contributed by atoms with Gasteiger partial charge in [-0.2, -0.15) is 0 Å². The molecule has 0 saturated heterocycles. The van der Waals surface area contributed by atoms with Crippen molar-refractivity contribution in [2.24, 2.45) is 0 Å². The van der Waals surface area contributed by atoms with E-state index in [-0.39, 0.29) is 22.8 Å². The molecular weight excluding hydrogens is 276 g/mol. The standard InChI is InChI=1S/C15H10O6/c16-8-3-1-7(2-4-8)5-11-14(20)12-9(17)6-10(18)13(19)15(12)21-11/h1-6,16-19H. The lowest BCUT2D eigenvalue weighted by atomic mass is 10.1. The first-order valence-corrected chi connectivity index (χ1v) is 5.98. The lowest BCUT2D eigenvalue weighted by molar-refractivity contribution is 0.101. The van der Waals surface area contributed by atoms with Crippen LogP contribution in [-0.2, 0) is 0 Å². The van der Waals surface area contributed by atoms with E-state index in [2.05, 4.69) is 0 Å². The molecule has 3 rings (SSSR count). The van der Waals surface area contributed by atoms with Gasteiger partial charge in [0.1, 0.15) is 17.1 Å². The van der Waals surface area contributed by atoms with Crippen molar-refractivity contribution < 1.29 is 30.0 Å². The summed E-state index contributed by atoms with van der Waals surface area (Å²) in [5.74, 6) is -2.56. The fourth-order valence-corrected chi connectivity index (χ4v) is 2.04. The monoisotopic (exact) mass is 286 g/mol. The molecule has 1 heterocycles. The van der Waals surface area contributed by atoms with Gasteiger partial charge >= 0.3 is 0 Å². The van der Waals surface area contributed by atoms with Crippen LogP contribution in [0.3, 0.4) is 0 Å². The van der Waals surface area contributed by atoms with Crippen molar-refractivity contribution in [3.05, 3.63) is 47.2 Å². The summed E-state index contributed by atoms with van der Waals surface area (Å²) in [6.07, 6.45) is 1.40. The maximum Gasteiger partial charge on any atom is 0.235 e. The first-order chi connectivity index (χ1) is 9.97. The van der Waals surface area contributed by atoms with Crippen LogP contribution in [0.15, 0.2) is 36.1 Å². The Bertz CT molecular complexity index is 774. The smallest absolute Gasteiger partial charge is 0.235 e. The molecular formula is C15H10O6. The van der Waals surface area contributed by atoms with Gasteiger partial charge in [-0.05, 0) is 23.8 Å². The number of ketones is 1. The maximum absolute atomic E-state index is 12.2. The zero-order valence-corrected chi connectivity index (χ0v) is 10.6. The zero-order valence-electron chi connectivity index (χ0n) is 10.6. The second-order valence-corrected chi connectivity index (χ2v) is 4.50. The van der Waals surface area contributed by atoms with E-state index in [1.54, 1.807) is 12.1 Å². The number of carbonyl (C=O) groups is 1. The Kier molecular flexibility index (Phi) is 2.72. The predicted molar refractivity (Wildman–Crippen MR) is 72.5 cm³/mol. The van der Waals surface area contributed by atoms with E-state index in [0.717, 1.165) is 6.07 Å². The van der Waals surface area contributed by atoms with Gasteiger partial charge in [0.15, 0.2) is 17.3 Å². The molecule has 1 aliphatic heterocycles. The van der Waals surface area contributed by atoms with E-state index in [9.17, 15) is 25.2 Å². The Morgan fingerprint density at radius 2 is 1.62 bits per heavy atom. The van der Waals surface area contributed by atoms with Gasteiger partial charge in [-0.1, -0.05) is 12.1 Å². The molecule has 6 nitrogen and oxygen atoms in total. The van der Waals surface area contributed by atoms with E-state index in [4.69, 9.17) is 4.74 Å². The molecule has 0 radical (unpaired) electrons. The van der Waals surface area contributed by atoms with Crippen molar-refractivity contribution in [3.63, 3.8) is 0 Å². The van der Waals surface area contributed by atoms with Gasteiger partial charge < -0.3 is 25.2 Å². The molecule has 0 saturated carbocycles. The van der Waals surface area contributed by atoms with E-state index in [1.165, 1.54) is 18.2 Å². The molecule has 2 aromatic rings. The van der Waals surface area contributed by atoms with Crippen LogP contribution in [0.25, 0.3) is 6.08 Å². The van der Waals surface area contributed by atoms with Gasteiger partial charge in [0.05, 0.1) is 0 Å². The van der Waals surface area contributed by atoms with E-state index < -0.39 is 23.0 Å². The van der Waals surface area contributed by atoms with Crippen LogP contribution in [0.5, 0.6) is 28.7 Å². The van der Waals surface area contributed by atoms with Crippen LogP contribution in [0.1, 0.15) is 15.9 Å². The highest BCUT2D eigenvalue weighted by Crippen LogP contribution is 2.48. The van der Waals surface area contributed by atoms with Gasteiger partial charge in [0, 0.05) is 6.07 Å². The molecule has 0 aliphatic carbocycles. The summed E-state index contributed by atoms with van der Waals surface area (Å²) in [5.41, 5.74) is 0.391.